The minimum atomic E-state index is -0.00417. The van der Waals surface area contributed by atoms with Gasteiger partial charge in [-0.15, -0.1) is 11.6 Å². The van der Waals surface area contributed by atoms with Crippen molar-refractivity contribution in [3.8, 4) is 0 Å². The number of hydrogen-bond acceptors (Lipinski definition) is 1. The van der Waals surface area contributed by atoms with E-state index in [1.165, 1.54) is 11.1 Å². The highest BCUT2D eigenvalue weighted by atomic mass is 35.5. The zero-order chi connectivity index (χ0) is 11.4. The third kappa shape index (κ3) is 2.83. The maximum absolute atomic E-state index is 6.35. The van der Waals surface area contributed by atoms with E-state index in [0.717, 1.165) is 12.0 Å². The molecule has 1 unspecified atom stereocenters. The summed E-state index contributed by atoms with van der Waals surface area (Å²) in [7, 11) is 0. The minimum absolute atomic E-state index is 0.00417. The van der Waals surface area contributed by atoms with E-state index in [-0.39, 0.29) is 5.38 Å². The van der Waals surface area contributed by atoms with E-state index >= 15 is 0 Å². The monoisotopic (exact) mass is 231 g/mol. The summed E-state index contributed by atoms with van der Waals surface area (Å²) in [5.74, 6) is 0. The summed E-state index contributed by atoms with van der Waals surface area (Å²) in [6.45, 7) is 2.09. The molecule has 0 aliphatic heterocycles. The van der Waals surface area contributed by atoms with Crippen LogP contribution < -0.4 is 0 Å². The largest absolute Gasteiger partial charge is 0.264 e. The van der Waals surface area contributed by atoms with Crippen LogP contribution in [-0.2, 0) is 6.42 Å². The molecule has 1 nitrogen and oxygen atoms in total. The Kier molecular flexibility index (Phi) is 3.58. The van der Waals surface area contributed by atoms with Crippen LogP contribution in [0.5, 0.6) is 0 Å². The van der Waals surface area contributed by atoms with Gasteiger partial charge in [0, 0.05) is 12.4 Å². The van der Waals surface area contributed by atoms with Crippen LogP contribution in [0.1, 0.15) is 22.1 Å². The van der Waals surface area contributed by atoms with Gasteiger partial charge in [0.15, 0.2) is 0 Å². The van der Waals surface area contributed by atoms with E-state index in [4.69, 9.17) is 11.6 Å². The molecule has 0 fully saturated rings. The van der Waals surface area contributed by atoms with Gasteiger partial charge < -0.3 is 0 Å². The molecule has 0 spiro atoms. The summed E-state index contributed by atoms with van der Waals surface area (Å²) in [4.78, 5) is 4.08. The lowest BCUT2D eigenvalue weighted by molar-refractivity contribution is 0.909. The molecule has 0 aliphatic rings. The number of rotatable bonds is 3. The minimum Gasteiger partial charge on any atom is -0.264 e. The molecule has 0 saturated carbocycles. The Balaban J connectivity index is 2.11. The molecule has 0 saturated heterocycles. The van der Waals surface area contributed by atoms with Crippen molar-refractivity contribution in [1.82, 2.24) is 4.98 Å². The Morgan fingerprint density at radius 3 is 2.81 bits per heavy atom. The Labute approximate surface area is 101 Å². The zero-order valence-corrected chi connectivity index (χ0v) is 9.98. The Morgan fingerprint density at radius 2 is 2.12 bits per heavy atom. The molecule has 1 aromatic carbocycles. The standard InChI is InChI=1S/C14H14ClN/c1-11-4-2-5-12(8-11)9-14(15)13-6-3-7-16-10-13/h2-8,10,14H,9H2,1H3. The maximum Gasteiger partial charge on any atom is 0.0640 e. The molecule has 0 aliphatic carbocycles. The average molecular weight is 232 g/mol. The first-order valence-electron chi connectivity index (χ1n) is 5.35. The molecule has 2 heteroatoms. The number of aryl methyl sites for hydroxylation is 1. The summed E-state index contributed by atoms with van der Waals surface area (Å²) < 4.78 is 0. The number of benzene rings is 1. The summed E-state index contributed by atoms with van der Waals surface area (Å²) in [5.41, 5.74) is 3.61. The highest BCUT2D eigenvalue weighted by Gasteiger charge is 2.08. The fourth-order valence-electron chi connectivity index (χ4n) is 1.73. The Morgan fingerprint density at radius 1 is 1.25 bits per heavy atom. The second-order valence-electron chi connectivity index (χ2n) is 3.95. The van der Waals surface area contributed by atoms with Crippen molar-refractivity contribution in [2.45, 2.75) is 18.7 Å². The van der Waals surface area contributed by atoms with Crippen LogP contribution in [0.15, 0.2) is 48.8 Å². The Bertz CT molecular complexity index is 453. The van der Waals surface area contributed by atoms with E-state index in [0.29, 0.717) is 0 Å². The van der Waals surface area contributed by atoms with Crippen LogP contribution >= 0.6 is 11.6 Å². The number of hydrogen-bond donors (Lipinski definition) is 0. The fourth-order valence-corrected chi connectivity index (χ4v) is 2.03. The van der Waals surface area contributed by atoms with Gasteiger partial charge in [0.1, 0.15) is 0 Å². The first kappa shape index (κ1) is 11.2. The van der Waals surface area contributed by atoms with Crippen LogP contribution in [0.25, 0.3) is 0 Å². The van der Waals surface area contributed by atoms with Crippen molar-refractivity contribution >= 4 is 11.6 Å². The number of alkyl halides is 1. The van der Waals surface area contributed by atoms with Gasteiger partial charge in [-0.3, -0.25) is 4.98 Å². The van der Waals surface area contributed by atoms with Gasteiger partial charge >= 0.3 is 0 Å². The topological polar surface area (TPSA) is 12.9 Å². The van der Waals surface area contributed by atoms with E-state index in [1.54, 1.807) is 6.20 Å². The fraction of sp³-hybridized carbons (Fsp3) is 0.214. The lowest BCUT2D eigenvalue weighted by atomic mass is 10.0. The van der Waals surface area contributed by atoms with E-state index < -0.39 is 0 Å². The second-order valence-corrected chi connectivity index (χ2v) is 4.47. The molecule has 1 atom stereocenters. The average Bonchev–Trinajstić information content (AvgIpc) is 2.30. The predicted octanol–water partition coefficient (Wildman–Crippen LogP) is 3.91. The van der Waals surface area contributed by atoms with Crippen molar-refractivity contribution in [2.75, 3.05) is 0 Å². The molecule has 2 aromatic rings. The van der Waals surface area contributed by atoms with E-state index in [9.17, 15) is 0 Å². The molecule has 1 aromatic heterocycles. The van der Waals surface area contributed by atoms with Crippen molar-refractivity contribution in [3.05, 3.63) is 65.5 Å². The Hall–Kier alpha value is -1.34. The molecule has 0 amide bonds. The number of halogens is 1. The van der Waals surface area contributed by atoms with Crippen LogP contribution in [0.4, 0.5) is 0 Å². The molecular weight excluding hydrogens is 218 g/mol. The molecule has 0 bridgehead atoms. The van der Waals surface area contributed by atoms with Gasteiger partial charge in [-0.25, -0.2) is 0 Å². The third-order valence-electron chi connectivity index (χ3n) is 2.54. The second kappa shape index (κ2) is 5.13. The smallest absolute Gasteiger partial charge is 0.0640 e. The third-order valence-corrected chi connectivity index (χ3v) is 2.95. The first-order valence-corrected chi connectivity index (χ1v) is 5.79. The van der Waals surface area contributed by atoms with Gasteiger partial charge in [0.05, 0.1) is 5.38 Å². The van der Waals surface area contributed by atoms with Crippen molar-refractivity contribution in [3.63, 3.8) is 0 Å². The summed E-state index contributed by atoms with van der Waals surface area (Å²) in [5, 5.41) is -0.00417. The quantitative estimate of drug-likeness (QED) is 0.730. The van der Waals surface area contributed by atoms with Gasteiger partial charge in [0.25, 0.3) is 0 Å². The van der Waals surface area contributed by atoms with Crippen molar-refractivity contribution in [1.29, 1.82) is 0 Å². The molecule has 0 radical (unpaired) electrons. The molecule has 2 rings (SSSR count). The number of pyridine rings is 1. The normalized spacial score (nSPS) is 12.4. The lowest BCUT2D eigenvalue weighted by Crippen LogP contribution is -1.96. The summed E-state index contributed by atoms with van der Waals surface area (Å²) >= 11 is 6.35. The SMILES string of the molecule is Cc1cccc(CC(Cl)c2cccnc2)c1. The molecular formula is C14H14ClN. The van der Waals surface area contributed by atoms with Gasteiger partial charge in [0.2, 0.25) is 0 Å². The molecule has 0 N–H and O–H groups in total. The van der Waals surface area contributed by atoms with Crippen LogP contribution in [0.3, 0.4) is 0 Å². The predicted molar refractivity (Wildman–Crippen MR) is 67.7 cm³/mol. The van der Waals surface area contributed by atoms with Crippen molar-refractivity contribution in [2.24, 2.45) is 0 Å². The zero-order valence-electron chi connectivity index (χ0n) is 9.23. The maximum atomic E-state index is 6.35. The molecule has 82 valence electrons. The van der Waals surface area contributed by atoms with Crippen LogP contribution in [0.2, 0.25) is 0 Å². The van der Waals surface area contributed by atoms with E-state index in [1.807, 2.05) is 18.3 Å². The molecule has 16 heavy (non-hydrogen) atoms. The highest BCUT2D eigenvalue weighted by molar-refractivity contribution is 6.20. The first-order chi connectivity index (χ1) is 7.75. The van der Waals surface area contributed by atoms with Gasteiger partial charge in [-0.1, -0.05) is 35.9 Å². The van der Waals surface area contributed by atoms with Crippen LogP contribution in [0, 0.1) is 6.92 Å². The number of nitrogens with zero attached hydrogens (tertiary/aromatic N) is 1. The van der Waals surface area contributed by atoms with Gasteiger partial charge in [-0.2, -0.15) is 0 Å². The van der Waals surface area contributed by atoms with E-state index in [2.05, 4.69) is 36.2 Å². The number of aromatic nitrogens is 1. The summed E-state index contributed by atoms with van der Waals surface area (Å²) in [6, 6.07) is 12.4. The molecule has 1 heterocycles. The lowest BCUT2D eigenvalue weighted by Gasteiger charge is -2.09. The summed E-state index contributed by atoms with van der Waals surface area (Å²) in [6.07, 6.45) is 4.43. The van der Waals surface area contributed by atoms with Crippen LogP contribution in [-0.4, -0.2) is 4.98 Å². The van der Waals surface area contributed by atoms with Crippen molar-refractivity contribution < 1.29 is 0 Å². The highest BCUT2D eigenvalue weighted by Crippen LogP contribution is 2.24. The van der Waals surface area contributed by atoms with Gasteiger partial charge in [-0.05, 0) is 30.5 Å².